The van der Waals surface area contributed by atoms with Crippen molar-refractivity contribution in [3.05, 3.63) is 46.0 Å². The van der Waals surface area contributed by atoms with E-state index in [0.29, 0.717) is 6.04 Å². The maximum atomic E-state index is 5.44. The Morgan fingerprint density at radius 2 is 2.24 bits per heavy atom. The molecule has 3 heteroatoms. The fourth-order valence-corrected chi connectivity index (χ4v) is 2.82. The van der Waals surface area contributed by atoms with Gasteiger partial charge in [0.25, 0.3) is 0 Å². The first-order valence-corrected chi connectivity index (χ1v) is 6.93. The summed E-state index contributed by atoms with van der Waals surface area (Å²) in [6.45, 7) is 5.39. The number of aryl methyl sites for hydroxylation is 1. The molecule has 0 amide bonds. The van der Waals surface area contributed by atoms with Crippen molar-refractivity contribution in [1.29, 1.82) is 0 Å². The zero-order valence-electron chi connectivity index (χ0n) is 10.4. The van der Waals surface area contributed by atoms with Crippen molar-refractivity contribution in [1.82, 2.24) is 5.32 Å². The van der Waals surface area contributed by atoms with Gasteiger partial charge in [-0.2, -0.15) is 0 Å². The highest BCUT2D eigenvalue weighted by Crippen LogP contribution is 2.25. The molecule has 2 heterocycles. The van der Waals surface area contributed by atoms with E-state index in [2.05, 4.69) is 31.3 Å². The van der Waals surface area contributed by atoms with Crippen molar-refractivity contribution in [3.63, 3.8) is 0 Å². The summed E-state index contributed by atoms with van der Waals surface area (Å²) in [7, 11) is 0. The Hall–Kier alpha value is -1.06. The lowest BCUT2D eigenvalue weighted by Crippen LogP contribution is -2.23. The molecule has 0 radical (unpaired) electrons. The van der Waals surface area contributed by atoms with Crippen molar-refractivity contribution in [2.75, 3.05) is 6.54 Å². The van der Waals surface area contributed by atoms with E-state index in [-0.39, 0.29) is 0 Å². The van der Waals surface area contributed by atoms with Gasteiger partial charge in [0.1, 0.15) is 5.76 Å². The molecule has 0 saturated carbocycles. The van der Waals surface area contributed by atoms with Gasteiger partial charge >= 0.3 is 0 Å². The number of hydrogen-bond acceptors (Lipinski definition) is 3. The van der Waals surface area contributed by atoms with Crippen molar-refractivity contribution < 1.29 is 4.42 Å². The minimum Gasteiger partial charge on any atom is -0.469 e. The number of rotatable bonds is 6. The molecule has 2 nitrogen and oxygen atoms in total. The summed E-state index contributed by atoms with van der Waals surface area (Å²) in [4.78, 5) is 2.76. The topological polar surface area (TPSA) is 25.2 Å². The first-order valence-electron chi connectivity index (χ1n) is 6.11. The molecule has 0 aliphatic heterocycles. The molecule has 0 saturated heterocycles. The monoisotopic (exact) mass is 249 g/mol. The van der Waals surface area contributed by atoms with Gasteiger partial charge in [0, 0.05) is 22.2 Å². The average Bonchev–Trinajstić information content (AvgIpc) is 2.95. The van der Waals surface area contributed by atoms with Crippen LogP contribution in [-0.4, -0.2) is 6.54 Å². The van der Waals surface area contributed by atoms with E-state index in [1.165, 1.54) is 9.75 Å². The predicted octanol–water partition coefficient (Wildman–Crippen LogP) is 3.93. The van der Waals surface area contributed by atoms with Crippen LogP contribution >= 0.6 is 11.3 Å². The van der Waals surface area contributed by atoms with E-state index in [1.54, 1.807) is 6.26 Å². The fourth-order valence-electron chi connectivity index (χ4n) is 1.86. The third-order valence-electron chi connectivity index (χ3n) is 2.73. The molecule has 0 spiro atoms. The second-order valence-corrected chi connectivity index (χ2v) is 5.56. The Balaban J connectivity index is 2.07. The summed E-state index contributed by atoms with van der Waals surface area (Å²) in [6.07, 6.45) is 3.82. The normalized spacial score (nSPS) is 12.8. The quantitative estimate of drug-likeness (QED) is 0.839. The van der Waals surface area contributed by atoms with Gasteiger partial charge in [-0.05, 0) is 44.2 Å². The molecule has 1 N–H and O–H groups in total. The lowest BCUT2D eigenvalue weighted by atomic mass is 10.1. The smallest absolute Gasteiger partial charge is 0.105 e. The van der Waals surface area contributed by atoms with E-state index < -0.39 is 0 Å². The van der Waals surface area contributed by atoms with Crippen LogP contribution in [0.4, 0.5) is 0 Å². The highest BCUT2D eigenvalue weighted by molar-refractivity contribution is 7.12. The summed E-state index contributed by atoms with van der Waals surface area (Å²) in [5.74, 6) is 1.05. The molecule has 0 fully saturated rings. The molecule has 0 aliphatic rings. The highest BCUT2D eigenvalue weighted by atomic mass is 32.1. The van der Waals surface area contributed by atoms with E-state index >= 15 is 0 Å². The maximum Gasteiger partial charge on any atom is 0.105 e. The van der Waals surface area contributed by atoms with Crippen molar-refractivity contribution in [2.24, 2.45) is 0 Å². The Bertz CT molecular complexity index is 433. The van der Waals surface area contributed by atoms with E-state index in [1.807, 2.05) is 23.5 Å². The van der Waals surface area contributed by atoms with Crippen LogP contribution in [0.15, 0.2) is 34.9 Å². The highest BCUT2D eigenvalue weighted by Gasteiger charge is 2.14. The van der Waals surface area contributed by atoms with Gasteiger partial charge in [-0.3, -0.25) is 0 Å². The summed E-state index contributed by atoms with van der Waals surface area (Å²) < 4.78 is 5.44. The van der Waals surface area contributed by atoms with E-state index in [4.69, 9.17) is 4.42 Å². The molecule has 17 heavy (non-hydrogen) atoms. The Morgan fingerprint density at radius 1 is 1.35 bits per heavy atom. The standard InChI is InChI=1S/C14H19NOS/c1-3-8-15-13(10-12-5-4-9-16-12)14-7-6-11(2)17-14/h4-7,9,13,15H,3,8,10H2,1-2H3. The molecular formula is C14H19NOS. The molecule has 2 aromatic rings. The van der Waals surface area contributed by atoms with Crippen molar-refractivity contribution in [3.8, 4) is 0 Å². The third kappa shape index (κ3) is 3.45. The molecule has 2 aromatic heterocycles. The van der Waals surface area contributed by atoms with Crippen LogP contribution < -0.4 is 5.32 Å². The van der Waals surface area contributed by atoms with Gasteiger partial charge < -0.3 is 9.73 Å². The van der Waals surface area contributed by atoms with Gasteiger partial charge in [-0.15, -0.1) is 11.3 Å². The summed E-state index contributed by atoms with van der Waals surface area (Å²) in [6, 6.07) is 8.77. The molecule has 0 bridgehead atoms. The zero-order valence-corrected chi connectivity index (χ0v) is 11.2. The first-order chi connectivity index (χ1) is 8.29. The molecule has 0 aromatic carbocycles. The van der Waals surface area contributed by atoms with Gasteiger partial charge in [0.15, 0.2) is 0 Å². The number of thiophene rings is 1. The fraction of sp³-hybridized carbons (Fsp3) is 0.429. The number of hydrogen-bond donors (Lipinski definition) is 1. The second kappa shape index (κ2) is 6.03. The SMILES string of the molecule is CCCNC(Cc1ccco1)c1ccc(C)s1. The summed E-state index contributed by atoms with van der Waals surface area (Å²) in [5, 5.41) is 3.59. The lowest BCUT2D eigenvalue weighted by molar-refractivity contribution is 0.452. The molecule has 92 valence electrons. The predicted molar refractivity (Wildman–Crippen MR) is 72.5 cm³/mol. The Morgan fingerprint density at radius 3 is 2.82 bits per heavy atom. The third-order valence-corrected chi connectivity index (χ3v) is 3.85. The first kappa shape index (κ1) is 12.4. The second-order valence-electron chi connectivity index (χ2n) is 4.24. The lowest BCUT2D eigenvalue weighted by Gasteiger charge is -2.15. The molecular weight excluding hydrogens is 230 g/mol. The average molecular weight is 249 g/mol. The maximum absolute atomic E-state index is 5.44. The van der Waals surface area contributed by atoms with Crippen LogP contribution in [0.1, 0.15) is 34.9 Å². The van der Waals surface area contributed by atoms with Crippen LogP contribution in [0.5, 0.6) is 0 Å². The van der Waals surface area contributed by atoms with Crippen LogP contribution in [0.3, 0.4) is 0 Å². The number of furan rings is 1. The largest absolute Gasteiger partial charge is 0.469 e. The van der Waals surface area contributed by atoms with Crippen molar-refractivity contribution in [2.45, 2.75) is 32.7 Å². The van der Waals surface area contributed by atoms with Gasteiger partial charge in [0.05, 0.1) is 6.26 Å². The Labute approximate surface area is 107 Å². The van der Waals surface area contributed by atoms with Crippen LogP contribution in [0, 0.1) is 6.92 Å². The Kier molecular flexibility index (Phi) is 4.40. The van der Waals surface area contributed by atoms with Gasteiger partial charge in [-0.1, -0.05) is 6.92 Å². The van der Waals surface area contributed by atoms with E-state index in [0.717, 1.165) is 25.1 Å². The van der Waals surface area contributed by atoms with Crippen LogP contribution in [0.25, 0.3) is 0 Å². The minimum absolute atomic E-state index is 0.375. The van der Waals surface area contributed by atoms with Gasteiger partial charge in [0.2, 0.25) is 0 Å². The molecule has 0 aliphatic carbocycles. The zero-order chi connectivity index (χ0) is 12.1. The van der Waals surface area contributed by atoms with Crippen molar-refractivity contribution >= 4 is 11.3 Å². The van der Waals surface area contributed by atoms with Gasteiger partial charge in [-0.25, -0.2) is 0 Å². The van der Waals surface area contributed by atoms with Crippen LogP contribution in [-0.2, 0) is 6.42 Å². The molecule has 2 rings (SSSR count). The minimum atomic E-state index is 0.375. The summed E-state index contributed by atoms with van der Waals surface area (Å²) >= 11 is 1.86. The van der Waals surface area contributed by atoms with E-state index in [9.17, 15) is 0 Å². The summed E-state index contributed by atoms with van der Waals surface area (Å²) in [5.41, 5.74) is 0. The molecule has 1 unspecified atom stereocenters. The number of nitrogens with one attached hydrogen (secondary N) is 1. The molecule has 1 atom stereocenters. The van der Waals surface area contributed by atoms with Crippen LogP contribution in [0.2, 0.25) is 0 Å².